The molecule has 0 atom stereocenters. The summed E-state index contributed by atoms with van der Waals surface area (Å²) in [6.45, 7) is 5.45. The van der Waals surface area contributed by atoms with Gasteiger partial charge in [-0.2, -0.15) is 0 Å². The number of oxime groups is 1. The maximum absolute atomic E-state index is 12.0. The molecule has 7 nitrogen and oxygen atoms in total. The average Bonchev–Trinajstić information content (AvgIpc) is 2.53. The van der Waals surface area contributed by atoms with Gasteiger partial charge in [-0.3, -0.25) is 14.9 Å². The number of carbonyl (C=O) groups is 2. The van der Waals surface area contributed by atoms with E-state index in [9.17, 15) is 19.7 Å². The lowest BCUT2D eigenvalue weighted by Crippen LogP contribution is -2.16. The normalized spacial score (nSPS) is 16.0. The monoisotopic (exact) mass is 328 g/mol. The molecule has 1 aliphatic carbocycles. The molecule has 7 heteroatoms. The van der Waals surface area contributed by atoms with Crippen LogP contribution in [0.5, 0.6) is 0 Å². The second kappa shape index (κ2) is 6.99. The van der Waals surface area contributed by atoms with Crippen LogP contribution in [0.3, 0.4) is 0 Å². The van der Waals surface area contributed by atoms with Crippen LogP contribution >= 0.6 is 0 Å². The minimum absolute atomic E-state index is 0.0134. The van der Waals surface area contributed by atoms with Crippen LogP contribution in [-0.4, -0.2) is 22.4 Å². The molecule has 1 aromatic carbocycles. The Morgan fingerprint density at radius 3 is 2.62 bits per heavy atom. The number of hydrogen-bond acceptors (Lipinski definition) is 6. The summed E-state index contributed by atoms with van der Waals surface area (Å²) in [4.78, 5) is 38.9. The zero-order chi connectivity index (χ0) is 17.9. The molecule has 1 aromatic rings. The van der Waals surface area contributed by atoms with Gasteiger partial charge in [0.1, 0.15) is 5.71 Å². The highest BCUT2D eigenvalue weighted by molar-refractivity contribution is 6.21. The van der Waals surface area contributed by atoms with E-state index < -0.39 is 10.9 Å². The maximum Gasteiger partial charge on any atom is 0.366 e. The summed E-state index contributed by atoms with van der Waals surface area (Å²) in [5.74, 6) is -0.888. The fraction of sp³-hybridized carbons (Fsp3) is 0.235. The minimum Gasteiger partial charge on any atom is -0.312 e. The topological polar surface area (TPSA) is 98.9 Å². The molecule has 0 aromatic heterocycles. The van der Waals surface area contributed by atoms with E-state index in [1.54, 1.807) is 13.0 Å². The molecule has 0 unspecified atom stereocenters. The van der Waals surface area contributed by atoms with E-state index in [1.165, 1.54) is 24.3 Å². The van der Waals surface area contributed by atoms with Crippen molar-refractivity contribution in [3.05, 3.63) is 63.2 Å². The van der Waals surface area contributed by atoms with Crippen molar-refractivity contribution in [2.75, 3.05) is 0 Å². The number of rotatable bonds is 4. The van der Waals surface area contributed by atoms with Gasteiger partial charge in [0, 0.05) is 17.7 Å². The van der Waals surface area contributed by atoms with Crippen LogP contribution in [0.2, 0.25) is 0 Å². The largest absolute Gasteiger partial charge is 0.366 e. The van der Waals surface area contributed by atoms with E-state index in [0.29, 0.717) is 16.9 Å². The lowest BCUT2D eigenvalue weighted by atomic mass is 9.90. The second-order valence-electron chi connectivity index (χ2n) is 5.61. The van der Waals surface area contributed by atoms with Crippen molar-refractivity contribution >= 4 is 23.2 Å². The molecule has 0 heterocycles. The molecule has 0 aliphatic heterocycles. The first-order valence-corrected chi connectivity index (χ1v) is 7.28. The predicted octanol–water partition coefficient (Wildman–Crippen LogP) is 3.22. The van der Waals surface area contributed by atoms with Crippen LogP contribution in [0.4, 0.5) is 5.69 Å². The number of non-ortho nitro benzene ring substituents is 1. The van der Waals surface area contributed by atoms with Crippen molar-refractivity contribution < 1.29 is 19.3 Å². The Morgan fingerprint density at radius 1 is 1.29 bits per heavy atom. The Bertz CT molecular complexity index is 803. The van der Waals surface area contributed by atoms with Crippen molar-refractivity contribution in [2.45, 2.75) is 20.8 Å². The van der Waals surface area contributed by atoms with Crippen LogP contribution in [0, 0.1) is 16.0 Å². The second-order valence-corrected chi connectivity index (χ2v) is 5.61. The summed E-state index contributed by atoms with van der Waals surface area (Å²) in [5.41, 5.74) is 1.34. The smallest absolute Gasteiger partial charge is 0.312 e. The Morgan fingerprint density at radius 2 is 2.00 bits per heavy atom. The minimum atomic E-state index is -0.810. The van der Waals surface area contributed by atoms with Gasteiger partial charge in [-0.1, -0.05) is 25.1 Å². The van der Waals surface area contributed by atoms with Crippen LogP contribution in [0.1, 0.15) is 31.1 Å². The van der Waals surface area contributed by atoms with E-state index in [1.807, 2.05) is 13.8 Å². The van der Waals surface area contributed by atoms with E-state index in [4.69, 9.17) is 4.84 Å². The molecule has 0 amide bonds. The third-order valence-electron chi connectivity index (χ3n) is 3.47. The van der Waals surface area contributed by atoms with E-state index in [2.05, 4.69) is 5.16 Å². The summed E-state index contributed by atoms with van der Waals surface area (Å²) in [6, 6.07) is 5.19. The van der Waals surface area contributed by atoms with Gasteiger partial charge in [0.2, 0.25) is 0 Å². The van der Waals surface area contributed by atoms with Gasteiger partial charge < -0.3 is 4.84 Å². The highest BCUT2D eigenvalue weighted by Gasteiger charge is 2.20. The van der Waals surface area contributed by atoms with Gasteiger partial charge in [-0.15, -0.1) is 0 Å². The zero-order valence-corrected chi connectivity index (χ0v) is 13.5. The van der Waals surface area contributed by atoms with Crippen molar-refractivity contribution in [3.63, 3.8) is 0 Å². The average molecular weight is 328 g/mol. The quantitative estimate of drug-likeness (QED) is 0.366. The summed E-state index contributed by atoms with van der Waals surface area (Å²) in [7, 11) is 0. The summed E-state index contributed by atoms with van der Waals surface area (Å²) in [6.07, 6.45) is 3.03. The summed E-state index contributed by atoms with van der Waals surface area (Å²) in [5, 5.41) is 14.5. The number of allylic oxidation sites excluding steroid dienone is 4. The Balaban J connectivity index is 2.22. The Labute approximate surface area is 138 Å². The summed E-state index contributed by atoms with van der Waals surface area (Å²) < 4.78 is 0. The van der Waals surface area contributed by atoms with Crippen LogP contribution in [-0.2, 0) is 9.63 Å². The molecule has 0 saturated heterocycles. The number of hydrogen-bond donors (Lipinski definition) is 0. The fourth-order valence-electron chi connectivity index (χ4n) is 2.13. The predicted molar refractivity (Wildman–Crippen MR) is 87.6 cm³/mol. The van der Waals surface area contributed by atoms with E-state index in [0.717, 1.165) is 6.07 Å². The number of nitro benzene ring substituents is 1. The molecule has 0 N–H and O–H groups in total. The Kier molecular flexibility index (Phi) is 5.03. The molecule has 1 aliphatic rings. The van der Waals surface area contributed by atoms with Crippen LogP contribution in [0.25, 0.3) is 0 Å². The molecular weight excluding hydrogens is 312 g/mol. The van der Waals surface area contributed by atoms with Crippen LogP contribution < -0.4 is 0 Å². The summed E-state index contributed by atoms with van der Waals surface area (Å²) >= 11 is 0. The number of carbonyl (C=O) groups excluding carboxylic acids is 2. The van der Waals surface area contributed by atoms with Crippen molar-refractivity contribution in [3.8, 4) is 0 Å². The van der Waals surface area contributed by atoms with Gasteiger partial charge in [0.05, 0.1) is 10.5 Å². The van der Waals surface area contributed by atoms with Gasteiger partial charge in [-0.05, 0) is 36.6 Å². The first-order chi connectivity index (χ1) is 11.3. The maximum atomic E-state index is 12.0. The van der Waals surface area contributed by atoms with Gasteiger partial charge in [0.25, 0.3) is 5.69 Å². The van der Waals surface area contributed by atoms with E-state index in [-0.39, 0.29) is 23.0 Å². The standard InChI is InChI=1S/C17H16N2O5/c1-10(2)14-9-15(11(3)7-16(14)20)18-24-17(21)12-5-4-6-13(8-12)19(22)23/h4-10H,1-3H3/b18-15-. The first-order valence-electron chi connectivity index (χ1n) is 7.28. The van der Waals surface area contributed by atoms with Crippen molar-refractivity contribution in [2.24, 2.45) is 11.1 Å². The van der Waals surface area contributed by atoms with Gasteiger partial charge in [-0.25, -0.2) is 4.79 Å². The highest BCUT2D eigenvalue weighted by Crippen LogP contribution is 2.20. The number of nitro groups is 1. The molecule has 124 valence electrons. The lowest BCUT2D eigenvalue weighted by Gasteiger charge is -2.14. The van der Waals surface area contributed by atoms with Crippen molar-refractivity contribution in [1.29, 1.82) is 0 Å². The molecule has 24 heavy (non-hydrogen) atoms. The number of nitrogens with zero attached hydrogens (tertiary/aromatic N) is 2. The molecular formula is C17H16N2O5. The number of benzene rings is 1. The highest BCUT2D eigenvalue weighted by atomic mass is 16.7. The molecule has 0 bridgehead atoms. The van der Waals surface area contributed by atoms with E-state index >= 15 is 0 Å². The van der Waals surface area contributed by atoms with Crippen molar-refractivity contribution in [1.82, 2.24) is 0 Å². The zero-order valence-electron chi connectivity index (χ0n) is 13.5. The molecule has 2 rings (SSSR count). The van der Waals surface area contributed by atoms with Crippen LogP contribution in [0.15, 0.2) is 52.7 Å². The van der Waals surface area contributed by atoms with Gasteiger partial charge in [0.15, 0.2) is 5.78 Å². The lowest BCUT2D eigenvalue weighted by molar-refractivity contribution is -0.384. The fourth-order valence-corrected chi connectivity index (χ4v) is 2.13. The molecule has 0 radical (unpaired) electrons. The molecule has 0 fully saturated rings. The Hall–Kier alpha value is -3.09. The first kappa shape index (κ1) is 17.3. The van der Waals surface area contributed by atoms with Gasteiger partial charge >= 0.3 is 5.97 Å². The molecule has 0 saturated carbocycles. The third-order valence-corrected chi connectivity index (χ3v) is 3.47. The molecule has 0 spiro atoms. The third kappa shape index (κ3) is 3.81. The SMILES string of the molecule is CC1=CC(=O)C(C(C)C)=C/C1=N/OC(=O)c1cccc([N+](=O)[O-])c1. The number of ketones is 1.